The van der Waals surface area contributed by atoms with Crippen molar-refractivity contribution in [3.8, 4) is 16.9 Å². The van der Waals surface area contributed by atoms with Crippen LogP contribution in [-0.4, -0.2) is 65.4 Å². The van der Waals surface area contributed by atoms with Crippen LogP contribution in [-0.2, 0) is 16.1 Å². The lowest BCUT2D eigenvalue weighted by Crippen LogP contribution is -2.41. The van der Waals surface area contributed by atoms with E-state index in [9.17, 15) is 19.1 Å². The predicted molar refractivity (Wildman–Crippen MR) is 169 cm³/mol. The number of benzene rings is 3. The maximum Gasteiger partial charge on any atom is 0.253 e. The van der Waals surface area contributed by atoms with Crippen molar-refractivity contribution >= 4 is 34.5 Å². The van der Waals surface area contributed by atoms with E-state index in [1.54, 1.807) is 11.6 Å². The lowest BCUT2D eigenvalue weighted by atomic mass is 9.97. The summed E-state index contributed by atoms with van der Waals surface area (Å²) in [7, 11) is 4.29. The van der Waals surface area contributed by atoms with Crippen molar-refractivity contribution in [2.75, 3.05) is 37.4 Å². The fraction of sp³-hybridized carbons (Fsp3) is 0.303. The zero-order valence-electron chi connectivity index (χ0n) is 24.5. The summed E-state index contributed by atoms with van der Waals surface area (Å²) in [5.41, 5.74) is 5.08. The van der Waals surface area contributed by atoms with Crippen LogP contribution in [0.25, 0.3) is 11.1 Å². The highest BCUT2D eigenvalue weighted by molar-refractivity contribution is 7.13. The number of hydrogen-bond acceptors (Lipinski definition) is 7. The minimum Gasteiger partial charge on any atom is -0.508 e. The zero-order chi connectivity index (χ0) is 30.5. The zero-order valence-corrected chi connectivity index (χ0v) is 25.4. The molecule has 1 saturated heterocycles. The molecule has 3 aromatic carbocycles. The molecule has 1 aromatic heterocycles. The quantitative estimate of drug-likeness (QED) is 0.222. The number of piperidine rings is 1. The highest BCUT2D eigenvalue weighted by atomic mass is 32.1. The highest BCUT2D eigenvalue weighted by Gasteiger charge is 2.31. The Bertz CT molecular complexity index is 1550. The first-order valence-corrected chi connectivity index (χ1v) is 15.1. The van der Waals surface area contributed by atoms with Gasteiger partial charge in [0.05, 0.1) is 0 Å². The van der Waals surface area contributed by atoms with E-state index < -0.39 is 17.8 Å². The van der Waals surface area contributed by atoms with Gasteiger partial charge in [0.25, 0.3) is 5.91 Å². The Labute approximate surface area is 255 Å². The van der Waals surface area contributed by atoms with Crippen molar-refractivity contribution in [3.63, 3.8) is 0 Å². The number of halogens is 1. The Kier molecular flexibility index (Phi) is 9.37. The average molecular weight is 602 g/mol. The van der Waals surface area contributed by atoms with Crippen LogP contribution in [0.15, 0.2) is 72.2 Å². The van der Waals surface area contributed by atoms with Crippen molar-refractivity contribution in [3.05, 3.63) is 94.7 Å². The molecule has 10 heteroatoms. The van der Waals surface area contributed by atoms with Gasteiger partial charge in [0.1, 0.15) is 17.6 Å². The van der Waals surface area contributed by atoms with E-state index in [2.05, 4.69) is 64.5 Å². The molecule has 2 amide bonds. The van der Waals surface area contributed by atoms with Gasteiger partial charge >= 0.3 is 0 Å². The number of aromatic nitrogens is 1. The van der Waals surface area contributed by atoms with E-state index in [0.29, 0.717) is 17.6 Å². The van der Waals surface area contributed by atoms with Gasteiger partial charge in [0.2, 0.25) is 6.41 Å². The summed E-state index contributed by atoms with van der Waals surface area (Å²) in [6.45, 7) is 4.11. The Morgan fingerprint density at radius 3 is 2.47 bits per heavy atom. The first kappa shape index (κ1) is 30.2. The normalized spacial score (nSPS) is 14.5. The molecule has 0 radical (unpaired) electrons. The summed E-state index contributed by atoms with van der Waals surface area (Å²) in [5.74, 6) is -1.52. The Morgan fingerprint density at radius 2 is 1.84 bits per heavy atom. The summed E-state index contributed by atoms with van der Waals surface area (Å²) in [5, 5.41) is 15.3. The molecule has 43 heavy (non-hydrogen) atoms. The summed E-state index contributed by atoms with van der Waals surface area (Å²) in [4.78, 5) is 35.9. The number of carbonyl (C=O) groups excluding carboxylic acids is 2. The number of anilines is 2. The first-order valence-electron chi connectivity index (χ1n) is 14.2. The van der Waals surface area contributed by atoms with Gasteiger partial charge in [-0.1, -0.05) is 30.3 Å². The fourth-order valence-corrected chi connectivity index (χ4v) is 6.15. The van der Waals surface area contributed by atoms with Crippen LogP contribution in [0.4, 0.5) is 15.2 Å². The van der Waals surface area contributed by atoms with Gasteiger partial charge in [-0.05, 0) is 86.4 Å². The van der Waals surface area contributed by atoms with E-state index in [1.807, 2.05) is 19.1 Å². The molecule has 224 valence electrons. The number of phenols is 1. The van der Waals surface area contributed by atoms with Gasteiger partial charge in [-0.15, -0.1) is 11.3 Å². The molecule has 4 aromatic rings. The number of hydrogen-bond donors (Lipinski definition) is 2. The smallest absolute Gasteiger partial charge is 0.253 e. The molecule has 0 saturated carbocycles. The van der Waals surface area contributed by atoms with Gasteiger partial charge < -0.3 is 19.8 Å². The van der Waals surface area contributed by atoms with Gasteiger partial charge in [0, 0.05) is 48.5 Å². The Hall–Kier alpha value is -4.28. The molecule has 1 aliphatic heterocycles. The highest BCUT2D eigenvalue weighted by Crippen LogP contribution is 2.33. The molecule has 8 nitrogen and oxygen atoms in total. The van der Waals surface area contributed by atoms with Crippen LogP contribution in [0.2, 0.25) is 0 Å². The topological polar surface area (TPSA) is 89.0 Å². The van der Waals surface area contributed by atoms with Crippen molar-refractivity contribution in [1.82, 2.24) is 14.8 Å². The van der Waals surface area contributed by atoms with Crippen LogP contribution in [0, 0.1) is 12.7 Å². The van der Waals surface area contributed by atoms with E-state index in [1.165, 1.54) is 28.0 Å². The second kappa shape index (κ2) is 13.4. The number of rotatable bonds is 10. The molecular formula is C33H36FN5O3S. The van der Waals surface area contributed by atoms with Crippen LogP contribution in [0.1, 0.15) is 35.6 Å². The molecule has 1 fully saturated rings. The minimum absolute atomic E-state index is 0.0125. The standard InChI is InChI=1S/C33H36FN5O3S/c1-22-18-24(23-6-9-28(10-7-23)38-15-12-27(13-16-38)37(2)3)4-5-25(22)20-39(21-40)31(29-19-26(34)8-11-30(29)41)32(42)36-33-35-14-17-43-33/h4-11,14,17-19,21,27,31,41H,12-13,15-16,20H2,1-3H3,(H,35,36,42). The molecule has 0 aliphatic carbocycles. The fourth-order valence-electron chi connectivity index (χ4n) is 5.62. The van der Waals surface area contributed by atoms with Crippen LogP contribution in [0.5, 0.6) is 5.75 Å². The van der Waals surface area contributed by atoms with Crippen LogP contribution in [0.3, 0.4) is 0 Å². The van der Waals surface area contributed by atoms with Crippen molar-refractivity contribution in [1.29, 1.82) is 0 Å². The second-order valence-corrected chi connectivity index (χ2v) is 12.0. The molecule has 0 bridgehead atoms. The second-order valence-electron chi connectivity index (χ2n) is 11.1. The SMILES string of the molecule is Cc1cc(-c2ccc(N3CCC(N(C)C)CC3)cc2)ccc1CN(C=O)C(C(=O)Nc1nccs1)c1cc(F)ccc1O. The average Bonchev–Trinajstić information content (AvgIpc) is 3.52. The molecule has 0 spiro atoms. The lowest BCUT2D eigenvalue weighted by molar-refractivity contribution is -0.130. The maximum absolute atomic E-state index is 14.2. The number of nitrogens with one attached hydrogen (secondary N) is 1. The summed E-state index contributed by atoms with van der Waals surface area (Å²) in [6, 6.07) is 17.3. The maximum atomic E-state index is 14.2. The lowest BCUT2D eigenvalue weighted by Gasteiger charge is -2.36. The van der Waals surface area contributed by atoms with E-state index in [-0.39, 0.29) is 17.9 Å². The van der Waals surface area contributed by atoms with E-state index >= 15 is 0 Å². The third-order valence-electron chi connectivity index (χ3n) is 8.12. The van der Waals surface area contributed by atoms with E-state index in [0.717, 1.165) is 60.3 Å². The van der Waals surface area contributed by atoms with Crippen molar-refractivity contribution in [2.45, 2.75) is 38.4 Å². The minimum atomic E-state index is -1.29. The monoisotopic (exact) mass is 601 g/mol. The largest absolute Gasteiger partial charge is 0.508 e. The molecular weight excluding hydrogens is 565 g/mol. The summed E-state index contributed by atoms with van der Waals surface area (Å²) in [6.07, 6.45) is 4.39. The van der Waals surface area contributed by atoms with Gasteiger partial charge in [-0.2, -0.15) is 0 Å². The number of carbonyl (C=O) groups is 2. The molecule has 1 unspecified atom stereocenters. The molecule has 2 N–H and O–H groups in total. The summed E-state index contributed by atoms with van der Waals surface area (Å²) >= 11 is 1.22. The van der Waals surface area contributed by atoms with E-state index in [4.69, 9.17) is 0 Å². The van der Waals surface area contributed by atoms with Crippen molar-refractivity contribution < 1.29 is 19.1 Å². The Balaban J connectivity index is 1.34. The van der Waals surface area contributed by atoms with Crippen LogP contribution < -0.4 is 10.2 Å². The third-order valence-corrected chi connectivity index (χ3v) is 8.81. The van der Waals surface area contributed by atoms with Crippen molar-refractivity contribution in [2.24, 2.45) is 0 Å². The third kappa shape index (κ3) is 7.03. The molecule has 2 heterocycles. The number of phenolic OH excluding ortho intramolecular Hbond substituents is 1. The molecule has 1 aliphatic rings. The van der Waals surface area contributed by atoms with Gasteiger partial charge in [-0.3, -0.25) is 14.9 Å². The number of nitrogens with zero attached hydrogens (tertiary/aromatic N) is 4. The first-order chi connectivity index (χ1) is 20.7. The molecule has 1 atom stereocenters. The number of aromatic hydroxyl groups is 1. The predicted octanol–water partition coefficient (Wildman–Crippen LogP) is 5.83. The number of aryl methyl sites for hydroxylation is 1. The van der Waals surface area contributed by atoms with Crippen LogP contribution >= 0.6 is 11.3 Å². The van der Waals surface area contributed by atoms with Gasteiger partial charge in [-0.25, -0.2) is 9.37 Å². The Morgan fingerprint density at radius 1 is 1.12 bits per heavy atom. The molecule has 5 rings (SSSR count). The van der Waals surface area contributed by atoms with Gasteiger partial charge in [0.15, 0.2) is 5.13 Å². The summed E-state index contributed by atoms with van der Waals surface area (Å²) < 4.78 is 14.2. The number of amides is 2. The number of thiazole rings is 1.